The second-order valence-electron chi connectivity index (χ2n) is 9.10. The van der Waals surface area contributed by atoms with Crippen molar-refractivity contribution in [2.24, 2.45) is 11.8 Å². The van der Waals surface area contributed by atoms with Gasteiger partial charge in [-0.2, -0.15) is 4.39 Å². The van der Waals surface area contributed by atoms with Crippen LogP contribution in [0.25, 0.3) is 0 Å². The molecule has 1 saturated carbocycles. The number of likely N-dealkylation sites (N-methyl/N-ethyl adjacent to an activating group) is 1. The van der Waals surface area contributed by atoms with Gasteiger partial charge in [0.25, 0.3) is 6.43 Å². The fraction of sp³-hybridized carbons (Fsp3) is 0.714. The van der Waals surface area contributed by atoms with Crippen LogP contribution in [0.15, 0.2) is 0 Å². The summed E-state index contributed by atoms with van der Waals surface area (Å²) in [5.41, 5.74) is 4.65. The minimum absolute atomic E-state index is 0.112. The van der Waals surface area contributed by atoms with Crippen LogP contribution in [0.4, 0.5) is 29.6 Å². The van der Waals surface area contributed by atoms with Crippen LogP contribution in [-0.2, 0) is 4.79 Å². The molecule has 2 amide bonds. The first-order chi connectivity index (χ1) is 16.2. The highest BCUT2D eigenvalue weighted by molar-refractivity contribution is 5.80. The lowest BCUT2D eigenvalue weighted by Crippen LogP contribution is -2.42. The molecule has 2 aliphatic rings. The average molecular weight is 488 g/mol. The smallest absolute Gasteiger partial charge is 0.404 e. The van der Waals surface area contributed by atoms with Gasteiger partial charge in [-0.1, -0.05) is 25.7 Å². The van der Waals surface area contributed by atoms with Gasteiger partial charge in [0.2, 0.25) is 11.7 Å². The van der Waals surface area contributed by atoms with E-state index in [0.29, 0.717) is 25.4 Å². The monoisotopic (exact) mass is 487 g/mol. The molecule has 0 bridgehead atoms. The zero-order chi connectivity index (χ0) is 24.8. The number of alkyl halides is 2. The number of hydrogen-bond acceptors (Lipinski definition) is 7. The van der Waals surface area contributed by atoms with Crippen molar-refractivity contribution in [1.82, 2.24) is 25.6 Å². The molecule has 13 heteroatoms. The minimum atomic E-state index is -3.03. The molecule has 1 saturated heterocycles. The van der Waals surface area contributed by atoms with Crippen molar-refractivity contribution in [3.8, 4) is 0 Å². The van der Waals surface area contributed by atoms with Crippen LogP contribution in [0, 0.1) is 17.7 Å². The van der Waals surface area contributed by atoms with Crippen molar-refractivity contribution >= 4 is 23.6 Å². The highest BCUT2D eigenvalue weighted by atomic mass is 19.3. The zero-order valence-electron chi connectivity index (χ0n) is 19.4. The van der Waals surface area contributed by atoms with Crippen molar-refractivity contribution in [3.05, 3.63) is 11.6 Å². The summed E-state index contributed by atoms with van der Waals surface area (Å²) in [5, 5.41) is 11.1. The Morgan fingerprint density at radius 3 is 2.50 bits per heavy atom. The third-order valence-corrected chi connectivity index (χ3v) is 6.51. The molecule has 4 N–H and O–H groups in total. The second-order valence-corrected chi connectivity index (χ2v) is 9.10. The summed E-state index contributed by atoms with van der Waals surface area (Å²) >= 11 is 0. The van der Waals surface area contributed by atoms with Crippen molar-refractivity contribution in [3.63, 3.8) is 0 Å². The third-order valence-electron chi connectivity index (χ3n) is 6.51. The quantitative estimate of drug-likeness (QED) is 0.372. The van der Waals surface area contributed by atoms with E-state index in [2.05, 4.69) is 26.1 Å². The van der Waals surface area contributed by atoms with Crippen molar-refractivity contribution in [2.75, 3.05) is 44.1 Å². The number of anilines is 2. The Morgan fingerprint density at radius 1 is 1.21 bits per heavy atom. The van der Waals surface area contributed by atoms with Crippen LogP contribution in [-0.4, -0.2) is 71.7 Å². The van der Waals surface area contributed by atoms with E-state index in [-0.39, 0.29) is 18.4 Å². The summed E-state index contributed by atoms with van der Waals surface area (Å²) in [7, 11) is 3.78. The standard InChI is InChI=1S/C21H32F3N7O3/c1-30(2)14-7-8-31(11-14)19-15(22)17(26-18(27-19)16(23)24)28-29-20(32)13(10-25-21(33)34)9-12-5-3-4-6-12/h12-14,16,25H,3-11H2,1-2H3,(H,29,32)(H,33,34)(H,26,27,28)/t13-,14-/m1/s1. The van der Waals surface area contributed by atoms with Gasteiger partial charge in [0, 0.05) is 25.7 Å². The molecule has 0 aromatic carbocycles. The highest BCUT2D eigenvalue weighted by Gasteiger charge is 2.31. The minimum Gasteiger partial charge on any atom is -0.465 e. The van der Waals surface area contributed by atoms with E-state index in [1.807, 2.05) is 19.0 Å². The van der Waals surface area contributed by atoms with E-state index in [1.54, 1.807) is 4.90 Å². The molecule has 2 atom stereocenters. The molecular formula is C21H32F3N7O3. The summed E-state index contributed by atoms with van der Waals surface area (Å²) in [4.78, 5) is 34.5. The van der Waals surface area contributed by atoms with Crippen LogP contribution < -0.4 is 21.1 Å². The Morgan fingerprint density at radius 2 is 1.91 bits per heavy atom. The van der Waals surface area contributed by atoms with Gasteiger partial charge in [-0.05, 0) is 32.9 Å². The number of carboxylic acid groups (broad SMARTS) is 1. The van der Waals surface area contributed by atoms with Crippen LogP contribution in [0.2, 0.25) is 0 Å². The molecule has 1 aromatic rings. The van der Waals surface area contributed by atoms with E-state index >= 15 is 4.39 Å². The maximum absolute atomic E-state index is 15.2. The SMILES string of the molecule is CN(C)[C@@H]1CCN(c2nc(C(F)F)nc(NNC(=O)[C@@H](CNC(=O)O)CC3CCCC3)c2F)C1. The molecule has 10 nitrogen and oxygen atoms in total. The second kappa shape index (κ2) is 11.5. The summed E-state index contributed by atoms with van der Waals surface area (Å²) in [6.45, 7) is 0.744. The van der Waals surface area contributed by atoms with E-state index in [9.17, 15) is 18.4 Å². The van der Waals surface area contributed by atoms with Crippen LogP contribution in [0.3, 0.4) is 0 Å². The van der Waals surface area contributed by atoms with E-state index in [0.717, 1.165) is 32.1 Å². The first-order valence-corrected chi connectivity index (χ1v) is 11.4. The maximum Gasteiger partial charge on any atom is 0.404 e. The Kier molecular flexibility index (Phi) is 8.75. The zero-order valence-corrected chi connectivity index (χ0v) is 19.4. The lowest BCUT2D eigenvalue weighted by Gasteiger charge is -2.23. The molecule has 0 radical (unpaired) electrons. The number of rotatable bonds is 10. The largest absolute Gasteiger partial charge is 0.465 e. The molecule has 34 heavy (non-hydrogen) atoms. The summed E-state index contributed by atoms with van der Waals surface area (Å²) in [6, 6.07) is 0.124. The van der Waals surface area contributed by atoms with Gasteiger partial charge >= 0.3 is 6.09 Å². The highest BCUT2D eigenvalue weighted by Crippen LogP contribution is 2.31. The number of aromatic nitrogens is 2. The van der Waals surface area contributed by atoms with Gasteiger partial charge in [0.15, 0.2) is 17.5 Å². The molecule has 1 aromatic heterocycles. The Labute approximate surface area is 196 Å². The van der Waals surface area contributed by atoms with E-state index < -0.39 is 41.8 Å². The molecule has 0 unspecified atom stereocenters. The Bertz CT molecular complexity index is 868. The predicted octanol–water partition coefficient (Wildman–Crippen LogP) is 2.60. The summed E-state index contributed by atoms with van der Waals surface area (Å²) in [6.07, 6.45) is 0.919. The van der Waals surface area contributed by atoms with Crippen LogP contribution in [0.5, 0.6) is 0 Å². The number of nitrogens with zero attached hydrogens (tertiary/aromatic N) is 4. The average Bonchev–Trinajstić information content (AvgIpc) is 3.47. The van der Waals surface area contributed by atoms with Gasteiger partial charge in [-0.3, -0.25) is 15.6 Å². The molecule has 0 spiro atoms. The summed E-state index contributed by atoms with van der Waals surface area (Å²) < 4.78 is 42.1. The molecule has 3 rings (SSSR count). The first kappa shape index (κ1) is 25.8. The normalized spacial score (nSPS) is 19.6. The predicted molar refractivity (Wildman–Crippen MR) is 119 cm³/mol. The molecule has 2 heterocycles. The van der Waals surface area contributed by atoms with E-state index in [1.165, 1.54) is 0 Å². The molecule has 190 valence electrons. The number of hydrogen-bond donors (Lipinski definition) is 4. The number of halogens is 3. The molecule has 2 fully saturated rings. The number of carbonyl (C=O) groups excluding carboxylic acids is 1. The fourth-order valence-corrected chi connectivity index (χ4v) is 4.56. The lowest BCUT2D eigenvalue weighted by molar-refractivity contribution is -0.124. The molecule has 1 aliphatic carbocycles. The Hall–Kier alpha value is -2.83. The molecular weight excluding hydrogens is 455 g/mol. The maximum atomic E-state index is 15.2. The third kappa shape index (κ3) is 6.61. The van der Waals surface area contributed by atoms with E-state index in [4.69, 9.17) is 5.11 Å². The number of nitrogens with one attached hydrogen (secondary N) is 3. The first-order valence-electron chi connectivity index (χ1n) is 11.4. The van der Waals surface area contributed by atoms with Gasteiger partial charge in [-0.15, -0.1) is 0 Å². The Balaban J connectivity index is 1.74. The van der Waals surface area contributed by atoms with Crippen LogP contribution in [0.1, 0.15) is 50.8 Å². The van der Waals surface area contributed by atoms with Crippen LogP contribution >= 0.6 is 0 Å². The topological polar surface area (TPSA) is 123 Å². The number of carbonyl (C=O) groups is 2. The molecule has 1 aliphatic heterocycles. The van der Waals surface area contributed by atoms with Crippen molar-refractivity contribution in [1.29, 1.82) is 0 Å². The number of hydrazine groups is 1. The van der Waals surface area contributed by atoms with Gasteiger partial charge in [0.1, 0.15) is 0 Å². The summed E-state index contributed by atoms with van der Waals surface area (Å²) in [5.74, 6) is -3.59. The van der Waals surface area contributed by atoms with Crippen molar-refractivity contribution < 1.29 is 27.9 Å². The number of amides is 2. The van der Waals surface area contributed by atoms with Crippen molar-refractivity contribution in [2.45, 2.75) is 51.0 Å². The fourth-order valence-electron chi connectivity index (χ4n) is 4.56. The van der Waals surface area contributed by atoms with Gasteiger partial charge in [0.05, 0.1) is 5.92 Å². The van der Waals surface area contributed by atoms with Gasteiger partial charge < -0.3 is 20.2 Å². The lowest BCUT2D eigenvalue weighted by atomic mass is 9.92. The van der Waals surface area contributed by atoms with Gasteiger partial charge in [-0.25, -0.2) is 23.5 Å².